The maximum atomic E-state index is 9.56. The molecule has 0 aromatic heterocycles. The van der Waals surface area contributed by atoms with E-state index in [1.807, 2.05) is 30.3 Å². The fourth-order valence-corrected chi connectivity index (χ4v) is 2.12. The molecule has 118 valence electrons. The van der Waals surface area contributed by atoms with Gasteiger partial charge in [-0.05, 0) is 18.9 Å². The quantitative estimate of drug-likeness (QED) is 0.372. The highest BCUT2D eigenvalue weighted by atomic mass is 16.3. The summed E-state index contributed by atoms with van der Waals surface area (Å²) in [5.41, 5.74) is 1.13. The molecular formula is C17H29N3O. The van der Waals surface area contributed by atoms with Gasteiger partial charge >= 0.3 is 0 Å². The second-order valence-corrected chi connectivity index (χ2v) is 5.14. The zero-order valence-corrected chi connectivity index (χ0v) is 13.3. The summed E-state index contributed by atoms with van der Waals surface area (Å²) in [4.78, 5) is 4.59. The molecule has 0 saturated heterocycles. The van der Waals surface area contributed by atoms with E-state index in [1.165, 1.54) is 12.8 Å². The third kappa shape index (κ3) is 7.14. The van der Waals surface area contributed by atoms with E-state index in [0.29, 0.717) is 6.54 Å². The summed E-state index contributed by atoms with van der Waals surface area (Å²) in [6.45, 7) is 6.74. The van der Waals surface area contributed by atoms with E-state index >= 15 is 0 Å². The first kappa shape index (κ1) is 17.5. The van der Waals surface area contributed by atoms with Crippen molar-refractivity contribution in [2.45, 2.75) is 39.0 Å². The van der Waals surface area contributed by atoms with Crippen LogP contribution in [0.5, 0.6) is 0 Å². The average molecular weight is 291 g/mol. The van der Waals surface area contributed by atoms with Gasteiger partial charge in [0, 0.05) is 19.0 Å². The second-order valence-electron chi connectivity index (χ2n) is 5.14. The number of nitrogens with one attached hydrogen (secondary N) is 2. The van der Waals surface area contributed by atoms with Crippen LogP contribution in [-0.4, -0.2) is 37.3 Å². The fourth-order valence-electron chi connectivity index (χ4n) is 2.12. The van der Waals surface area contributed by atoms with Gasteiger partial charge in [-0.15, -0.1) is 0 Å². The zero-order valence-electron chi connectivity index (χ0n) is 13.3. The van der Waals surface area contributed by atoms with Crippen LogP contribution in [0.25, 0.3) is 0 Å². The number of benzene rings is 1. The van der Waals surface area contributed by atoms with Crippen molar-refractivity contribution < 1.29 is 5.11 Å². The van der Waals surface area contributed by atoms with Crippen LogP contribution in [0.4, 0.5) is 0 Å². The number of unbranched alkanes of at least 4 members (excludes halogenated alkanes) is 2. The average Bonchev–Trinajstić information content (AvgIpc) is 2.53. The second kappa shape index (κ2) is 11.1. The van der Waals surface area contributed by atoms with E-state index in [0.717, 1.165) is 31.0 Å². The maximum Gasteiger partial charge on any atom is 0.191 e. The Balaban J connectivity index is 2.54. The SMILES string of the molecule is CCCCCNC(=NCC(CO)c1ccccc1)NCC. The van der Waals surface area contributed by atoms with E-state index in [2.05, 4.69) is 29.5 Å². The fraction of sp³-hybridized carbons (Fsp3) is 0.588. The Morgan fingerprint density at radius 3 is 2.52 bits per heavy atom. The molecule has 1 aromatic rings. The van der Waals surface area contributed by atoms with E-state index in [4.69, 9.17) is 0 Å². The first-order valence-electron chi connectivity index (χ1n) is 7.99. The van der Waals surface area contributed by atoms with Crippen LogP contribution in [0, 0.1) is 0 Å². The Kier molecular flexibility index (Phi) is 9.29. The van der Waals surface area contributed by atoms with Crippen LogP contribution in [0.2, 0.25) is 0 Å². The summed E-state index contributed by atoms with van der Waals surface area (Å²) in [6, 6.07) is 10.1. The van der Waals surface area contributed by atoms with Gasteiger partial charge in [-0.2, -0.15) is 0 Å². The van der Waals surface area contributed by atoms with Crippen molar-refractivity contribution in [2.75, 3.05) is 26.2 Å². The van der Waals surface area contributed by atoms with E-state index in [-0.39, 0.29) is 12.5 Å². The minimum Gasteiger partial charge on any atom is -0.396 e. The lowest BCUT2D eigenvalue weighted by Gasteiger charge is -2.15. The van der Waals surface area contributed by atoms with Crippen LogP contribution in [0.3, 0.4) is 0 Å². The molecule has 0 amide bonds. The van der Waals surface area contributed by atoms with Crippen LogP contribution in [0.15, 0.2) is 35.3 Å². The van der Waals surface area contributed by atoms with Crippen molar-refractivity contribution >= 4 is 5.96 Å². The first-order chi connectivity index (χ1) is 10.3. The van der Waals surface area contributed by atoms with Crippen molar-refractivity contribution in [3.8, 4) is 0 Å². The molecule has 1 atom stereocenters. The Morgan fingerprint density at radius 1 is 1.14 bits per heavy atom. The van der Waals surface area contributed by atoms with Crippen molar-refractivity contribution in [3.63, 3.8) is 0 Å². The van der Waals surface area contributed by atoms with Crippen molar-refractivity contribution in [1.29, 1.82) is 0 Å². The molecule has 0 radical (unpaired) electrons. The summed E-state index contributed by atoms with van der Waals surface area (Å²) in [6.07, 6.45) is 3.61. The van der Waals surface area contributed by atoms with E-state index in [9.17, 15) is 5.11 Å². The zero-order chi connectivity index (χ0) is 15.3. The lowest BCUT2D eigenvalue weighted by atomic mass is 10.0. The molecule has 3 N–H and O–H groups in total. The molecule has 0 fully saturated rings. The predicted octanol–water partition coefficient (Wildman–Crippen LogP) is 2.51. The predicted molar refractivity (Wildman–Crippen MR) is 89.8 cm³/mol. The number of aliphatic hydroxyl groups excluding tert-OH is 1. The summed E-state index contributed by atoms with van der Waals surface area (Å²) < 4.78 is 0. The third-order valence-electron chi connectivity index (χ3n) is 3.38. The molecule has 0 aliphatic rings. The van der Waals surface area contributed by atoms with Gasteiger partial charge in [-0.1, -0.05) is 50.1 Å². The molecule has 4 heteroatoms. The number of aliphatic imine (C=N–C) groups is 1. The molecule has 1 rings (SSSR count). The standard InChI is InChI=1S/C17H29N3O/c1-3-5-9-12-19-17(18-4-2)20-13-16(14-21)15-10-7-6-8-11-15/h6-8,10-11,16,21H,3-5,9,12-14H2,1-2H3,(H2,18,19,20). The highest BCUT2D eigenvalue weighted by molar-refractivity contribution is 5.79. The summed E-state index contributed by atoms with van der Waals surface area (Å²) in [7, 11) is 0. The van der Waals surface area contributed by atoms with Crippen LogP contribution >= 0.6 is 0 Å². The van der Waals surface area contributed by atoms with Gasteiger partial charge in [0.25, 0.3) is 0 Å². The minimum absolute atomic E-state index is 0.0531. The van der Waals surface area contributed by atoms with Gasteiger partial charge in [0.15, 0.2) is 5.96 Å². The topological polar surface area (TPSA) is 56.7 Å². The van der Waals surface area contributed by atoms with Crippen LogP contribution in [-0.2, 0) is 0 Å². The van der Waals surface area contributed by atoms with E-state index < -0.39 is 0 Å². The summed E-state index contributed by atoms with van der Waals surface area (Å²) in [5.74, 6) is 0.889. The lowest BCUT2D eigenvalue weighted by Crippen LogP contribution is -2.38. The Labute approximate surface area is 128 Å². The normalized spacial score (nSPS) is 13.0. The largest absolute Gasteiger partial charge is 0.396 e. The lowest BCUT2D eigenvalue weighted by molar-refractivity contribution is 0.268. The molecule has 1 unspecified atom stereocenters. The monoisotopic (exact) mass is 291 g/mol. The highest BCUT2D eigenvalue weighted by Gasteiger charge is 2.09. The highest BCUT2D eigenvalue weighted by Crippen LogP contribution is 2.14. The Hall–Kier alpha value is -1.55. The molecule has 0 saturated carbocycles. The number of guanidine groups is 1. The molecule has 0 aliphatic carbocycles. The van der Waals surface area contributed by atoms with Gasteiger partial charge in [-0.3, -0.25) is 4.99 Å². The Bertz CT molecular complexity index is 392. The molecule has 4 nitrogen and oxygen atoms in total. The smallest absolute Gasteiger partial charge is 0.191 e. The number of hydrogen-bond acceptors (Lipinski definition) is 2. The van der Waals surface area contributed by atoms with Crippen molar-refractivity contribution in [2.24, 2.45) is 4.99 Å². The summed E-state index contributed by atoms with van der Waals surface area (Å²) >= 11 is 0. The van der Waals surface area contributed by atoms with Gasteiger partial charge in [0.05, 0.1) is 13.2 Å². The van der Waals surface area contributed by atoms with Crippen molar-refractivity contribution in [1.82, 2.24) is 10.6 Å². The minimum atomic E-state index is 0.0531. The number of rotatable bonds is 9. The first-order valence-corrected chi connectivity index (χ1v) is 7.99. The molecule has 0 heterocycles. The molecule has 0 bridgehead atoms. The van der Waals surface area contributed by atoms with Crippen molar-refractivity contribution in [3.05, 3.63) is 35.9 Å². The number of nitrogens with zero attached hydrogens (tertiary/aromatic N) is 1. The van der Waals surface area contributed by atoms with Crippen LogP contribution < -0.4 is 10.6 Å². The van der Waals surface area contributed by atoms with Gasteiger partial charge in [0.2, 0.25) is 0 Å². The molecule has 0 spiro atoms. The molecular weight excluding hydrogens is 262 g/mol. The Morgan fingerprint density at radius 2 is 1.90 bits per heavy atom. The van der Waals surface area contributed by atoms with E-state index in [1.54, 1.807) is 0 Å². The van der Waals surface area contributed by atoms with Gasteiger partial charge in [0.1, 0.15) is 0 Å². The van der Waals surface area contributed by atoms with Gasteiger partial charge in [-0.25, -0.2) is 0 Å². The number of aliphatic hydroxyl groups is 1. The summed E-state index contributed by atoms with van der Waals surface area (Å²) in [5, 5.41) is 16.1. The molecule has 1 aromatic carbocycles. The third-order valence-corrected chi connectivity index (χ3v) is 3.38. The van der Waals surface area contributed by atoms with Crippen LogP contribution in [0.1, 0.15) is 44.6 Å². The molecule has 21 heavy (non-hydrogen) atoms. The molecule has 0 aliphatic heterocycles. The number of hydrogen-bond donors (Lipinski definition) is 3. The van der Waals surface area contributed by atoms with Gasteiger partial charge < -0.3 is 15.7 Å². The maximum absolute atomic E-state index is 9.56.